The second-order valence-electron chi connectivity index (χ2n) is 5.46. The Morgan fingerprint density at radius 1 is 1.27 bits per heavy atom. The van der Waals surface area contributed by atoms with Crippen LogP contribution in [0.15, 0.2) is 29.2 Å². The van der Waals surface area contributed by atoms with Gasteiger partial charge in [0, 0.05) is 13.1 Å². The molecular formula is C16H22N2O3S. The largest absolute Gasteiger partial charge is 0.338 e. The van der Waals surface area contributed by atoms with Gasteiger partial charge in [0.15, 0.2) is 9.84 Å². The molecule has 0 unspecified atom stereocenters. The third-order valence-electron chi connectivity index (χ3n) is 3.43. The Morgan fingerprint density at radius 3 is 2.36 bits per heavy atom. The summed E-state index contributed by atoms with van der Waals surface area (Å²) >= 11 is 0. The van der Waals surface area contributed by atoms with Gasteiger partial charge in [0.2, 0.25) is 0 Å². The molecule has 1 atom stereocenters. The molecule has 0 heterocycles. The maximum Gasteiger partial charge on any atom is 0.255 e. The van der Waals surface area contributed by atoms with Crippen molar-refractivity contribution in [3.05, 3.63) is 29.8 Å². The van der Waals surface area contributed by atoms with Gasteiger partial charge in [-0.3, -0.25) is 4.79 Å². The summed E-state index contributed by atoms with van der Waals surface area (Å²) in [6.07, 6.45) is 0. The fourth-order valence-electron chi connectivity index (χ4n) is 2.04. The van der Waals surface area contributed by atoms with Crippen molar-refractivity contribution in [2.24, 2.45) is 5.92 Å². The summed E-state index contributed by atoms with van der Waals surface area (Å²) in [7, 11) is -3.54. The molecular weight excluding hydrogens is 300 g/mol. The van der Waals surface area contributed by atoms with E-state index in [1.165, 1.54) is 17.0 Å². The zero-order valence-corrected chi connectivity index (χ0v) is 14.2. The van der Waals surface area contributed by atoms with E-state index in [9.17, 15) is 13.2 Å². The minimum atomic E-state index is -3.54. The highest BCUT2D eigenvalue weighted by Crippen LogP contribution is 2.22. The van der Waals surface area contributed by atoms with Crippen LogP contribution in [-0.4, -0.2) is 37.6 Å². The number of nitrogens with zero attached hydrogens (tertiary/aromatic N) is 2. The lowest BCUT2D eigenvalue weighted by Gasteiger charge is -2.23. The minimum absolute atomic E-state index is 0.0538. The van der Waals surface area contributed by atoms with Crippen LogP contribution in [0.25, 0.3) is 0 Å². The molecule has 1 aromatic carbocycles. The third kappa shape index (κ3) is 3.86. The zero-order valence-electron chi connectivity index (χ0n) is 13.4. The quantitative estimate of drug-likeness (QED) is 0.806. The van der Waals surface area contributed by atoms with E-state index in [1.807, 2.05) is 6.92 Å². The molecule has 0 radical (unpaired) electrons. The Kier molecular flexibility index (Phi) is 6.12. The van der Waals surface area contributed by atoms with Crippen LogP contribution >= 0.6 is 0 Å². The second kappa shape index (κ2) is 7.41. The Labute approximate surface area is 132 Å². The van der Waals surface area contributed by atoms with Gasteiger partial charge < -0.3 is 4.90 Å². The number of sulfone groups is 1. The van der Waals surface area contributed by atoms with Gasteiger partial charge in [0.25, 0.3) is 5.91 Å². The lowest BCUT2D eigenvalue weighted by molar-refractivity contribution is 0.0749. The molecule has 1 amide bonds. The van der Waals surface area contributed by atoms with Crippen molar-refractivity contribution >= 4 is 15.7 Å². The van der Waals surface area contributed by atoms with Gasteiger partial charge in [0.05, 0.1) is 27.7 Å². The maximum absolute atomic E-state index is 12.7. The van der Waals surface area contributed by atoms with Gasteiger partial charge in [-0.05, 0) is 39.8 Å². The highest BCUT2D eigenvalue weighted by molar-refractivity contribution is 7.92. The Balaban J connectivity index is 3.28. The number of nitriles is 1. The molecule has 0 fully saturated rings. The predicted octanol–water partition coefficient (Wildman–Crippen LogP) is 2.49. The van der Waals surface area contributed by atoms with Crippen molar-refractivity contribution < 1.29 is 13.2 Å². The van der Waals surface area contributed by atoms with Gasteiger partial charge in [-0.1, -0.05) is 12.1 Å². The van der Waals surface area contributed by atoms with Gasteiger partial charge in [-0.25, -0.2) is 8.42 Å². The molecule has 0 saturated carbocycles. The Hall–Kier alpha value is -1.87. The molecule has 0 aliphatic rings. The van der Waals surface area contributed by atoms with E-state index in [2.05, 4.69) is 6.07 Å². The van der Waals surface area contributed by atoms with E-state index < -0.39 is 15.1 Å². The van der Waals surface area contributed by atoms with Crippen LogP contribution in [0.3, 0.4) is 0 Å². The predicted molar refractivity (Wildman–Crippen MR) is 85.1 cm³/mol. The van der Waals surface area contributed by atoms with Crippen molar-refractivity contribution in [1.82, 2.24) is 4.90 Å². The van der Waals surface area contributed by atoms with E-state index in [-0.39, 0.29) is 28.8 Å². The van der Waals surface area contributed by atoms with Crippen molar-refractivity contribution in [1.29, 1.82) is 5.26 Å². The molecule has 0 N–H and O–H groups in total. The molecule has 0 aromatic heterocycles. The standard InChI is InChI=1S/C16H22N2O3S/c1-5-18(11-13(4)10-17)16(19)14-8-6-7-9-15(14)22(20,21)12(2)3/h6-9,12-13H,5,11H2,1-4H3/t13-/m0/s1. The summed E-state index contributed by atoms with van der Waals surface area (Å²) in [6, 6.07) is 8.33. The Bertz CT molecular complexity index is 675. The number of hydrogen-bond donors (Lipinski definition) is 0. The molecule has 22 heavy (non-hydrogen) atoms. The molecule has 0 spiro atoms. The van der Waals surface area contributed by atoms with Crippen molar-refractivity contribution in [2.75, 3.05) is 13.1 Å². The van der Waals surface area contributed by atoms with Crippen LogP contribution in [0.1, 0.15) is 38.1 Å². The SMILES string of the molecule is CCN(C[C@@H](C)C#N)C(=O)c1ccccc1S(=O)(=O)C(C)C. The van der Waals surface area contributed by atoms with E-state index >= 15 is 0 Å². The van der Waals surface area contributed by atoms with Crippen LogP contribution < -0.4 is 0 Å². The highest BCUT2D eigenvalue weighted by Gasteiger charge is 2.27. The number of rotatable bonds is 6. The van der Waals surface area contributed by atoms with Crippen LogP contribution in [-0.2, 0) is 9.84 Å². The van der Waals surface area contributed by atoms with Gasteiger partial charge in [0.1, 0.15) is 0 Å². The molecule has 0 aliphatic heterocycles. The molecule has 1 rings (SSSR count). The maximum atomic E-state index is 12.7. The number of hydrogen-bond acceptors (Lipinski definition) is 4. The first kappa shape index (κ1) is 18.2. The number of carbonyl (C=O) groups is 1. The summed E-state index contributed by atoms with van der Waals surface area (Å²) in [6.45, 7) is 7.41. The average molecular weight is 322 g/mol. The topological polar surface area (TPSA) is 78.2 Å². The molecule has 120 valence electrons. The third-order valence-corrected chi connectivity index (χ3v) is 5.64. The molecule has 0 aliphatic carbocycles. The molecule has 0 saturated heterocycles. The summed E-state index contributed by atoms with van der Waals surface area (Å²) in [4.78, 5) is 14.2. The van der Waals surface area contributed by atoms with Crippen LogP contribution in [0.5, 0.6) is 0 Å². The molecule has 5 nitrogen and oxygen atoms in total. The lowest BCUT2D eigenvalue weighted by atomic mass is 10.1. The summed E-state index contributed by atoms with van der Waals surface area (Å²) in [5.41, 5.74) is 0.170. The second-order valence-corrected chi connectivity index (χ2v) is 7.94. The fourth-order valence-corrected chi connectivity index (χ4v) is 3.28. The lowest BCUT2D eigenvalue weighted by Crippen LogP contribution is -2.35. The Morgan fingerprint density at radius 2 is 1.86 bits per heavy atom. The van der Waals surface area contributed by atoms with E-state index in [1.54, 1.807) is 32.9 Å². The first-order valence-corrected chi connectivity index (χ1v) is 8.82. The normalized spacial score (nSPS) is 12.7. The van der Waals surface area contributed by atoms with Crippen molar-refractivity contribution in [2.45, 2.75) is 37.8 Å². The first-order chi connectivity index (χ1) is 10.3. The number of amides is 1. The molecule has 0 bridgehead atoms. The van der Waals surface area contributed by atoms with E-state index in [0.717, 1.165) is 0 Å². The summed E-state index contributed by atoms with van der Waals surface area (Å²) in [5.74, 6) is -0.665. The van der Waals surface area contributed by atoms with Crippen molar-refractivity contribution in [3.8, 4) is 6.07 Å². The smallest absolute Gasteiger partial charge is 0.255 e. The van der Waals surface area contributed by atoms with Gasteiger partial charge in [-0.2, -0.15) is 5.26 Å². The van der Waals surface area contributed by atoms with E-state index in [4.69, 9.17) is 5.26 Å². The van der Waals surface area contributed by atoms with Crippen LogP contribution in [0.2, 0.25) is 0 Å². The first-order valence-electron chi connectivity index (χ1n) is 7.27. The highest BCUT2D eigenvalue weighted by atomic mass is 32.2. The van der Waals surface area contributed by atoms with Crippen LogP contribution in [0, 0.1) is 17.2 Å². The molecule has 1 aromatic rings. The summed E-state index contributed by atoms with van der Waals surface area (Å²) < 4.78 is 24.8. The van der Waals surface area contributed by atoms with Crippen LogP contribution in [0.4, 0.5) is 0 Å². The van der Waals surface area contributed by atoms with Gasteiger partial charge in [-0.15, -0.1) is 0 Å². The number of benzene rings is 1. The van der Waals surface area contributed by atoms with Crippen molar-refractivity contribution in [3.63, 3.8) is 0 Å². The fraction of sp³-hybridized carbons (Fsp3) is 0.500. The minimum Gasteiger partial charge on any atom is -0.338 e. The number of carbonyl (C=O) groups excluding carboxylic acids is 1. The average Bonchev–Trinajstić information content (AvgIpc) is 2.51. The van der Waals surface area contributed by atoms with Gasteiger partial charge >= 0.3 is 0 Å². The summed E-state index contributed by atoms with van der Waals surface area (Å²) in [5, 5.41) is 8.30. The van der Waals surface area contributed by atoms with E-state index in [0.29, 0.717) is 6.54 Å². The molecule has 6 heteroatoms. The monoisotopic (exact) mass is 322 g/mol. The zero-order chi connectivity index (χ0) is 16.9.